The Labute approximate surface area is 213 Å². The number of aromatic hydroxyl groups is 1. The Kier molecular flexibility index (Phi) is 7.66. The summed E-state index contributed by atoms with van der Waals surface area (Å²) < 4.78 is 12.8. The number of anilines is 1. The zero-order chi connectivity index (χ0) is 25.1. The van der Waals surface area contributed by atoms with Gasteiger partial charge >= 0.3 is 0 Å². The lowest BCUT2D eigenvalue weighted by atomic mass is 9.96. The number of nitrogens with zero attached hydrogens (tertiary/aromatic N) is 2. The average Bonchev–Trinajstić information content (AvgIpc) is 2.87. The summed E-state index contributed by atoms with van der Waals surface area (Å²) in [5.41, 5.74) is 5.23. The van der Waals surface area contributed by atoms with E-state index in [-0.39, 0.29) is 11.7 Å². The van der Waals surface area contributed by atoms with Crippen LogP contribution in [0.4, 0.5) is 5.82 Å². The molecule has 0 saturated carbocycles. The predicted molar refractivity (Wildman–Crippen MR) is 141 cm³/mol. The highest BCUT2D eigenvalue weighted by molar-refractivity contribution is 9.10. The van der Waals surface area contributed by atoms with Gasteiger partial charge in [-0.15, -0.1) is 0 Å². The van der Waals surface area contributed by atoms with Crippen LogP contribution in [0.25, 0.3) is 22.0 Å². The number of likely N-dealkylation sites (tertiary alicyclic amines) is 1. The van der Waals surface area contributed by atoms with E-state index in [1.165, 1.54) is 0 Å². The van der Waals surface area contributed by atoms with Crippen molar-refractivity contribution in [3.05, 3.63) is 40.4 Å². The fraction of sp³-hybridized carbons (Fsp3) is 0.385. The molecule has 8 nitrogen and oxygen atoms in total. The van der Waals surface area contributed by atoms with Gasteiger partial charge in [-0.3, -0.25) is 4.79 Å². The van der Waals surface area contributed by atoms with E-state index in [0.717, 1.165) is 47.8 Å². The van der Waals surface area contributed by atoms with Crippen LogP contribution in [-0.2, 0) is 11.2 Å². The quantitative estimate of drug-likeness (QED) is 0.288. The predicted octanol–water partition coefficient (Wildman–Crippen LogP) is 4.86. The van der Waals surface area contributed by atoms with Crippen molar-refractivity contribution in [2.45, 2.75) is 33.1 Å². The molecule has 1 saturated heterocycles. The number of hydrogen-bond donors (Lipinski definition) is 3. The van der Waals surface area contributed by atoms with E-state index in [4.69, 9.17) is 20.3 Å². The van der Waals surface area contributed by atoms with Crippen molar-refractivity contribution in [2.24, 2.45) is 11.8 Å². The zero-order valence-corrected chi connectivity index (χ0v) is 21.8. The number of nitrogen functional groups attached to an aromatic ring is 1. The van der Waals surface area contributed by atoms with Crippen LogP contribution in [0.1, 0.15) is 32.3 Å². The molecule has 35 heavy (non-hydrogen) atoms. The number of carbonyl (C=O) groups is 1. The molecule has 4 rings (SSSR count). The van der Waals surface area contributed by atoms with E-state index >= 15 is 0 Å². The van der Waals surface area contributed by atoms with Crippen molar-refractivity contribution < 1.29 is 19.4 Å². The van der Waals surface area contributed by atoms with Crippen LogP contribution in [0.3, 0.4) is 0 Å². The molecule has 1 aromatic heterocycles. The van der Waals surface area contributed by atoms with Crippen LogP contribution < -0.4 is 20.7 Å². The molecule has 0 atom stereocenters. The summed E-state index contributed by atoms with van der Waals surface area (Å²) in [5.74, 6) is 8.38. The van der Waals surface area contributed by atoms with Crippen LogP contribution in [0, 0.1) is 5.92 Å². The molecular formula is C26H31BrN4O4. The number of phenols is 1. The number of hydrazine groups is 1. The Bertz CT molecular complexity index is 1240. The number of aromatic nitrogens is 1. The lowest BCUT2D eigenvalue weighted by molar-refractivity contribution is -0.130. The standard InChI is InChI=1S/C26H31BrN4O4/c1-4-18-23-19(24(29-26(18)30-28)17-5-7-21(33)20(27)13-17)6-8-22(34-3)25(23)35-14-16-9-11-31(12-10-16)15(2)32/h5-8,13,16,33H,4,9-12,14,28H2,1-3H3,(H,29,30). The number of phenolic OH excluding ortho intramolecular Hbond substituents is 1. The van der Waals surface area contributed by atoms with Crippen LogP contribution in [0.5, 0.6) is 17.2 Å². The SMILES string of the molecule is CCc1c(NN)nc(-c2ccc(O)c(Br)c2)c2ccc(OC)c(OCC3CCN(C(C)=O)CC3)c12. The summed E-state index contributed by atoms with van der Waals surface area (Å²) in [4.78, 5) is 18.4. The van der Waals surface area contributed by atoms with E-state index in [1.54, 1.807) is 20.1 Å². The van der Waals surface area contributed by atoms with Gasteiger partial charge in [-0.1, -0.05) is 6.92 Å². The van der Waals surface area contributed by atoms with E-state index in [1.807, 2.05) is 29.2 Å². The third kappa shape index (κ3) is 5.01. The van der Waals surface area contributed by atoms with Gasteiger partial charge in [0.15, 0.2) is 11.5 Å². The van der Waals surface area contributed by atoms with Gasteiger partial charge in [-0.25, -0.2) is 10.8 Å². The molecule has 4 N–H and O–H groups in total. The minimum Gasteiger partial charge on any atom is -0.507 e. The first-order chi connectivity index (χ1) is 16.9. The third-order valence-electron chi connectivity index (χ3n) is 6.64. The largest absolute Gasteiger partial charge is 0.507 e. The van der Waals surface area contributed by atoms with Gasteiger partial charge in [-0.05, 0) is 71.4 Å². The number of nitrogens with one attached hydrogen (secondary N) is 1. The van der Waals surface area contributed by atoms with Crippen molar-refractivity contribution in [3.63, 3.8) is 0 Å². The number of piperidine rings is 1. The van der Waals surface area contributed by atoms with E-state index in [9.17, 15) is 9.90 Å². The number of amides is 1. The van der Waals surface area contributed by atoms with Gasteiger partial charge in [0.1, 0.15) is 11.6 Å². The minimum atomic E-state index is 0.121. The van der Waals surface area contributed by atoms with Crippen molar-refractivity contribution >= 4 is 38.4 Å². The number of methoxy groups -OCH3 is 1. The Morgan fingerprint density at radius 3 is 2.63 bits per heavy atom. The maximum Gasteiger partial charge on any atom is 0.219 e. The number of fused-ring (bicyclic) bond motifs is 1. The van der Waals surface area contributed by atoms with E-state index in [0.29, 0.717) is 46.4 Å². The second-order valence-electron chi connectivity index (χ2n) is 8.73. The van der Waals surface area contributed by atoms with Gasteiger partial charge in [0, 0.05) is 41.9 Å². The summed E-state index contributed by atoms with van der Waals surface area (Å²) in [5, 5.41) is 11.8. The first kappa shape index (κ1) is 25.1. The molecule has 0 spiro atoms. The van der Waals surface area contributed by atoms with Crippen LogP contribution in [0.2, 0.25) is 0 Å². The minimum absolute atomic E-state index is 0.121. The molecule has 1 aliphatic rings. The third-order valence-corrected chi connectivity index (χ3v) is 7.28. The second-order valence-corrected chi connectivity index (χ2v) is 9.59. The average molecular weight is 543 g/mol. The van der Waals surface area contributed by atoms with Gasteiger partial charge < -0.3 is 24.9 Å². The highest BCUT2D eigenvalue weighted by Gasteiger charge is 2.24. The molecule has 1 amide bonds. The molecule has 0 radical (unpaired) electrons. The van der Waals surface area contributed by atoms with E-state index < -0.39 is 0 Å². The fourth-order valence-corrected chi connectivity index (χ4v) is 5.05. The van der Waals surface area contributed by atoms with Gasteiger partial charge in [0.25, 0.3) is 0 Å². The molecule has 1 aliphatic heterocycles. The molecular weight excluding hydrogens is 512 g/mol. The highest BCUT2D eigenvalue weighted by Crippen LogP contribution is 2.44. The number of rotatable bonds is 7. The molecule has 2 aromatic carbocycles. The topological polar surface area (TPSA) is 110 Å². The molecule has 0 unspecified atom stereocenters. The van der Waals surface area contributed by atoms with Crippen molar-refractivity contribution in [3.8, 4) is 28.5 Å². The fourth-order valence-electron chi connectivity index (χ4n) is 4.68. The van der Waals surface area contributed by atoms with Crippen LogP contribution >= 0.6 is 15.9 Å². The molecule has 9 heteroatoms. The molecule has 0 aliphatic carbocycles. The maximum atomic E-state index is 11.7. The molecule has 0 bridgehead atoms. The lowest BCUT2D eigenvalue weighted by Gasteiger charge is -2.31. The van der Waals surface area contributed by atoms with Crippen molar-refractivity contribution in [1.82, 2.24) is 9.88 Å². The number of hydrogen-bond acceptors (Lipinski definition) is 7. The molecule has 1 fully saturated rings. The number of carbonyl (C=O) groups excluding carboxylic acids is 1. The van der Waals surface area contributed by atoms with Crippen molar-refractivity contribution in [1.29, 1.82) is 0 Å². The Hall–Kier alpha value is -3.04. The summed E-state index contributed by atoms with van der Waals surface area (Å²) in [7, 11) is 1.63. The number of nitrogens with two attached hydrogens (primary N) is 1. The molecule has 2 heterocycles. The lowest BCUT2D eigenvalue weighted by Crippen LogP contribution is -2.38. The smallest absolute Gasteiger partial charge is 0.219 e. The van der Waals surface area contributed by atoms with Crippen molar-refractivity contribution in [2.75, 3.05) is 32.2 Å². The highest BCUT2D eigenvalue weighted by atomic mass is 79.9. The number of ether oxygens (including phenoxy) is 2. The Balaban J connectivity index is 1.80. The molecule has 3 aromatic rings. The summed E-state index contributed by atoms with van der Waals surface area (Å²) >= 11 is 3.40. The molecule has 186 valence electrons. The first-order valence-electron chi connectivity index (χ1n) is 11.7. The maximum absolute atomic E-state index is 11.7. The number of benzene rings is 2. The zero-order valence-electron chi connectivity index (χ0n) is 20.2. The summed E-state index contributed by atoms with van der Waals surface area (Å²) in [6.07, 6.45) is 2.48. The summed E-state index contributed by atoms with van der Waals surface area (Å²) in [6, 6.07) is 9.16. The number of halogens is 1. The first-order valence-corrected chi connectivity index (χ1v) is 12.5. The van der Waals surface area contributed by atoms with Crippen LogP contribution in [0.15, 0.2) is 34.8 Å². The second kappa shape index (κ2) is 10.7. The Morgan fingerprint density at radius 1 is 1.29 bits per heavy atom. The van der Waals surface area contributed by atoms with Gasteiger partial charge in [0.05, 0.1) is 23.9 Å². The van der Waals surface area contributed by atoms with Crippen LogP contribution in [-0.4, -0.2) is 47.7 Å². The number of pyridine rings is 1. The van der Waals surface area contributed by atoms with Gasteiger partial charge in [0.2, 0.25) is 5.91 Å². The normalized spacial score (nSPS) is 14.3. The number of aryl methyl sites for hydroxylation is 1. The monoisotopic (exact) mass is 542 g/mol. The van der Waals surface area contributed by atoms with Gasteiger partial charge in [-0.2, -0.15) is 0 Å². The van der Waals surface area contributed by atoms with E-state index in [2.05, 4.69) is 28.3 Å². The Morgan fingerprint density at radius 2 is 2.03 bits per heavy atom. The summed E-state index contributed by atoms with van der Waals surface area (Å²) in [6.45, 7) is 5.70.